The third-order valence-electron chi connectivity index (χ3n) is 1.59. The molecule has 3 heteroatoms. The van der Waals surface area contributed by atoms with Crippen LogP contribution >= 0.6 is 15.9 Å². The fourth-order valence-electron chi connectivity index (χ4n) is 0.958. The minimum Gasteiger partial charge on any atom is -0.319 e. The van der Waals surface area contributed by atoms with E-state index in [4.69, 9.17) is 5.26 Å². The summed E-state index contributed by atoms with van der Waals surface area (Å²) in [6, 6.07) is 6.03. The Morgan fingerprint density at radius 2 is 2.33 bits per heavy atom. The molecule has 0 unspecified atom stereocenters. The van der Waals surface area contributed by atoms with Crippen molar-refractivity contribution in [1.29, 1.82) is 5.26 Å². The molecular weight excluding hydrogens is 216 g/mol. The number of aryl methyl sites for hydroxylation is 1. The number of rotatable bonds is 2. The van der Waals surface area contributed by atoms with Crippen LogP contribution in [0.25, 0.3) is 0 Å². The lowest BCUT2D eigenvalue weighted by molar-refractivity contribution is 0.882. The van der Waals surface area contributed by atoms with Crippen molar-refractivity contribution in [3.8, 4) is 6.19 Å². The van der Waals surface area contributed by atoms with E-state index in [1.807, 2.05) is 25.2 Å². The molecule has 0 aromatic heterocycles. The molecule has 1 aromatic rings. The number of nitrogens with one attached hydrogen (secondary N) is 1. The summed E-state index contributed by atoms with van der Waals surface area (Å²) < 4.78 is 1.10. The Morgan fingerprint density at radius 1 is 1.58 bits per heavy atom. The lowest BCUT2D eigenvalue weighted by Crippen LogP contribution is -2.04. The maximum absolute atomic E-state index is 8.28. The first-order valence-electron chi connectivity index (χ1n) is 3.61. The van der Waals surface area contributed by atoms with Crippen molar-refractivity contribution in [3.63, 3.8) is 0 Å². The molecule has 0 bridgehead atoms. The number of hydrogen-bond acceptors (Lipinski definition) is 2. The predicted molar refractivity (Wildman–Crippen MR) is 51.3 cm³/mol. The zero-order valence-electron chi connectivity index (χ0n) is 6.76. The molecule has 0 aliphatic heterocycles. The van der Waals surface area contributed by atoms with Gasteiger partial charge in [0.25, 0.3) is 0 Å². The van der Waals surface area contributed by atoms with Crippen LogP contribution in [0.2, 0.25) is 0 Å². The van der Waals surface area contributed by atoms with Gasteiger partial charge in [0.1, 0.15) is 0 Å². The second kappa shape index (κ2) is 4.13. The van der Waals surface area contributed by atoms with Gasteiger partial charge in [0.2, 0.25) is 0 Å². The third-order valence-corrected chi connectivity index (χ3v) is 2.48. The molecule has 1 N–H and O–H groups in total. The smallest absolute Gasteiger partial charge is 0.176 e. The van der Waals surface area contributed by atoms with Gasteiger partial charge in [0.05, 0.1) is 0 Å². The monoisotopic (exact) mass is 224 g/mol. The Labute approximate surface area is 80.3 Å². The van der Waals surface area contributed by atoms with Crippen LogP contribution in [0.15, 0.2) is 22.7 Å². The van der Waals surface area contributed by atoms with E-state index >= 15 is 0 Å². The van der Waals surface area contributed by atoms with E-state index in [9.17, 15) is 0 Å². The number of nitrogens with zero attached hydrogens (tertiary/aromatic N) is 1. The Bertz CT molecular complexity index is 315. The van der Waals surface area contributed by atoms with Gasteiger partial charge in [-0.2, -0.15) is 5.26 Å². The number of nitriles is 1. The van der Waals surface area contributed by atoms with Gasteiger partial charge in [-0.25, -0.2) is 0 Å². The highest BCUT2D eigenvalue weighted by Crippen LogP contribution is 2.16. The van der Waals surface area contributed by atoms with E-state index in [1.54, 1.807) is 0 Å². The van der Waals surface area contributed by atoms with Gasteiger partial charge in [0.15, 0.2) is 6.19 Å². The molecule has 0 saturated heterocycles. The van der Waals surface area contributed by atoms with Gasteiger partial charge in [-0.05, 0) is 24.1 Å². The lowest BCUT2D eigenvalue weighted by atomic mass is 10.1. The standard InChI is InChI=1S/C9H9BrN2/c1-7-4-8(5-12-6-11)2-3-9(7)10/h2-4,12H,5H2,1H3. The first-order chi connectivity index (χ1) is 5.74. The molecule has 1 rings (SSSR count). The number of hydrogen-bond donors (Lipinski definition) is 1. The van der Waals surface area contributed by atoms with E-state index in [1.165, 1.54) is 5.56 Å². The summed E-state index contributed by atoms with van der Waals surface area (Å²) in [5, 5.41) is 10.9. The summed E-state index contributed by atoms with van der Waals surface area (Å²) in [4.78, 5) is 0. The normalized spacial score (nSPS) is 9.08. The summed E-state index contributed by atoms with van der Waals surface area (Å²) in [7, 11) is 0. The molecule has 0 radical (unpaired) electrons. The van der Waals surface area contributed by atoms with Gasteiger partial charge >= 0.3 is 0 Å². The summed E-state index contributed by atoms with van der Waals surface area (Å²) in [6.45, 7) is 2.63. The topological polar surface area (TPSA) is 35.8 Å². The molecule has 0 amide bonds. The molecule has 0 atom stereocenters. The first-order valence-corrected chi connectivity index (χ1v) is 4.40. The minimum atomic E-state index is 0.602. The quantitative estimate of drug-likeness (QED) is 0.619. The van der Waals surface area contributed by atoms with Gasteiger partial charge in [-0.15, -0.1) is 0 Å². The van der Waals surface area contributed by atoms with Crippen molar-refractivity contribution >= 4 is 15.9 Å². The van der Waals surface area contributed by atoms with Crippen molar-refractivity contribution in [3.05, 3.63) is 33.8 Å². The molecule has 1 aromatic carbocycles. The number of halogens is 1. The van der Waals surface area contributed by atoms with Crippen LogP contribution in [0.5, 0.6) is 0 Å². The van der Waals surface area contributed by atoms with Crippen LogP contribution in [0.4, 0.5) is 0 Å². The molecule has 0 heterocycles. The fourth-order valence-corrected chi connectivity index (χ4v) is 1.20. The maximum Gasteiger partial charge on any atom is 0.176 e. The number of benzene rings is 1. The second-order valence-electron chi connectivity index (χ2n) is 2.55. The van der Waals surface area contributed by atoms with Gasteiger partial charge in [0, 0.05) is 11.0 Å². The molecule has 0 saturated carbocycles. The highest BCUT2D eigenvalue weighted by atomic mass is 79.9. The average Bonchev–Trinajstić information content (AvgIpc) is 2.07. The molecule has 2 nitrogen and oxygen atoms in total. The second-order valence-corrected chi connectivity index (χ2v) is 3.40. The molecule has 0 spiro atoms. The van der Waals surface area contributed by atoms with Crippen LogP contribution < -0.4 is 5.32 Å². The average molecular weight is 225 g/mol. The summed E-state index contributed by atoms with van der Waals surface area (Å²) in [5.74, 6) is 0. The molecule has 62 valence electrons. The Hall–Kier alpha value is -1.01. The van der Waals surface area contributed by atoms with E-state index in [0.717, 1.165) is 10.0 Å². The van der Waals surface area contributed by atoms with E-state index < -0.39 is 0 Å². The van der Waals surface area contributed by atoms with Gasteiger partial charge in [-0.1, -0.05) is 28.1 Å². The summed E-state index contributed by atoms with van der Waals surface area (Å²) in [5.41, 5.74) is 2.31. The molecule has 0 fully saturated rings. The lowest BCUT2D eigenvalue weighted by Gasteiger charge is -2.01. The van der Waals surface area contributed by atoms with Gasteiger partial charge in [-0.3, -0.25) is 0 Å². The highest BCUT2D eigenvalue weighted by molar-refractivity contribution is 9.10. The van der Waals surface area contributed by atoms with Crippen LogP contribution in [0.3, 0.4) is 0 Å². The van der Waals surface area contributed by atoms with Crippen LogP contribution in [-0.4, -0.2) is 0 Å². The Morgan fingerprint density at radius 3 is 2.92 bits per heavy atom. The largest absolute Gasteiger partial charge is 0.319 e. The van der Waals surface area contributed by atoms with E-state index in [2.05, 4.69) is 27.3 Å². The van der Waals surface area contributed by atoms with Crippen molar-refractivity contribution in [2.45, 2.75) is 13.5 Å². The molecule has 12 heavy (non-hydrogen) atoms. The maximum atomic E-state index is 8.28. The van der Waals surface area contributed by atoms with E-state index in [-0.39, 0.29) is 0 Å². The Balaban J connectivity index is 2.77. The SMILES string of the molecule is Cc1cc(CNC#N)ccc1Br. The van der Waals surface area contributed by atoms with Crippen LogP contribution in [0, 0.1) is 18.4 Å². The molecular formula is C9H9BrN2. The van der Waals surface area contributed by atoms with Crippen molar-refractivity contribution in [2.24, 2.45) is 0 Å². The summed E-state index contributed by atoms with van der Waals surface area (Å²) >= 11 is 3.41. The zero-order valence-corrected chi connectivity index (χ0v) is 8.35. The molecule has 0 aliphatic rings. The molecule has 0 aliphatic carbocycles. The van der Waals surface area contributed by atoms with Crippen molar-refractivity contribution < 1.29 is 0 Å². The third kappa shape index (κ3) is 2.24. The van der Waals surface area contributed by atoms with Crippen molar-refractivity contribution in [2.75, 3.05) is 0 Å². The van der Waals surface area contributed by atoms with Gasteiger partial charge < -0.3 is 5.32 Å². The summed E-state index contributed by atoms with van der Waals surface area (Å²) in [6.07, 6.45) is 1.89. The van der Waals surface area contributed by atoms with Crippen LogP contribution in [0.1, 0.15) is 11.1 Å². The first kappa shape index (κ1) is 9.08. The van der Waals surface area contributed by atoms with Crippen molar-refractivity contribution in [1.82, 2.24) is 5.32 Å². The Kier molecular flexibility index (Phi) is 3.12. The zero-order chi connectivity index (χ0) is 8.97. The fraction of sp³-hybridized carbons (Fsp3) is 0.222. The predicted octanol–water partition coefficient (Wildman–Crippen LogP) is 2.33. The van der Waals surface area contributed by atoms with E-state index in [0.29, 0.717) is 6.54 Å². The van der Waals surface area contributed by atoms with Crippen LogP contribution in [-0.2, 0) is 6.54 Å². The highest BCUT2D eigenvalue weighted by Gasteiger charge is 1.95. The minimum absolute atomic E-state index is 0.602.